The van der Waals surface area contributed by atoms with E-state index in [0.717, 1.165) is 36.9 Å². The van der Waals surface area contributed by atoms with Crippen molar-refractivity contribution in [2.75, 3.05) is 11.5 Å². The van der Waals surface area contributed by atoms with Crippen LogP contribution in [0.1, 0.15) is 37.7 Å². The molecule has 0 N–H and O–H groups in total. The smallest absolute Gasteiger partial charge is 0.331 e. The maximum Gasteiger partial charge on any atom is 0.331 e. The van der Waals surface area contributed by atoms with Gasteiger partial charge in [-0.3, -0.25) is 4.79 Å². The highest BCUT2D eigenvalue weighted by Crippen LogP contribution is 2.27. The number of nitrogens with zero attached hydrogens (tertiary/aromatic N) is 1. The van der Waals surface area contributed by atoms with E-state index >= 15 is 0 Å². The molecular formula is C23H24ClNO3. The number of esters is 1. The highest BCUT2D eigenvalue weighted by Gasteiger charge is 2.27. The molecule has 5 heteroatoms. The number of anilines is 1. The third-order valence-electron chi connectivity index (χ3n) is 4.89. The fraction of sp³-hybridized carbons (Fsp3) is 0.304. The van der Waals surface area contributed by atoms with Crippen LogP contribution in [0.5, 0.6) is 0 Å². The minimum absolute atomic E-state index is 0.154. The van der Waals surface area contributed by atoms with E-state index in [2.05, 4.69) is 0 Å². The molecule has 3 rings (SSSR count). The van der Waals surface area contributed by atoms with Crippen LogP contribution < -0.4 is 4.90 Å². The second-order valence-electron chi connectivity index (χ2n) is 6.85. The third kappa shape index (κ3) is 5.46. The van der Waals surface area contributed by atoms with Gasteiger partial charge in [0.1, 0.15) is 0 Å². The lowest BCUT2D eigenvalue weighted by Crippen LogP contribution is -2.43. The first-order valence-electron chi connectivity index (χ1n) is 9.61. The van der Waals surface area contributed by atoms with E-state index in [1.165, 1.54) is 12.5 Å². The van der Waals surface area contributed by atoms with E-state index in [1.807, 2.05) is 42.5 Å². The zero-order valence-corrected chi connectivity index (χ0v) is 16.5. The van der Waals surface area contributed by atoms with Gasteiger partial charge in [0, 0.05) is 22.8 Å². The van der Waals surface area contributed by atoms with Gasteiger partial charge >= 0.3 is 5.97 Å². The van der Waals surface area contributed by atoms with Crippen LogP contribution in [-0.4, -0.2) is 24.5 Å². The summed E-state index contributed by atoms with van der Waals surface area (Å²) < 4.78 is 5.20. The fourth-order valence-electron chi connectivity index (χ4n) is 3.50. The van der Waals surface area contributed by atoms with Crippen LogP contribution in [0.2, 0.25) is 5.02 Å². The predicted molar refractivity (Wildman–Crippen MR) is 112 cm³/mol. The summed E-state index contributed by atoms with van der Waals surface area (Å²) >= 11 is 6.07. The van der Waals surface area contributed by atoms with Gasteiger partial charge in [0.05, 0.1) is 0 Å². The maximum absolute atomic E-state index is 12.9. The summed E-state index contributed by atoms with van der Waals surface area (Å²) in [6, 6.07) is 17.0. The van der Waals surface area contributed by atoms with Crippen molar-refractivity contribution in [3.8, 4) is 0 Å². The number of carbonyl (C=O) groups is 2. The molecule has 0 atom stereocenters. The molecule has 0 unspecified atom stereocenters. The van der Waals surface area contributed by atoms with Gasteiger partial charge in [0.25, 0.3) is 5.91 Å². The maximum atomic E-state index is 12.9. The van der Waals surface area contributed by atoms with Gasteiger partial charge in [0.15, 0.2) is 6.61 Å². The van der Waals surface area contributed by atoms with Gasteiger partial charge in [-0.2, -0.15) is 0 Å². The van der Waals surface area contributed by atoms with Crippen molar-refractivity contribution in [2.45, 2.75) is 38.1 Å². The number of ether oxygens (including phenoxy) is 1. The van der Waals surface area contributed by atoms with E-state index in [1.54, 1.807) is 23.1 Å². The summed E-state index contributed by atoms with van der Waals surface area (Å²) in [5.74, 6) is -0.762. The zero-order chi connectivity index (χ0) is 19.8. The summed E-state index contributed by atoms with van der Waals surface area (Å²) in [6.07, 6.45) is 8.26. The van der Waals surface area contributed by atoms with Crippen molar-refractivity contribution >= 4 is 35.2 Å². The normalized spacial score (nSPS) is 14.8. The molecule has 0 bridgehead atoms. The van der Waals surface area contributed by atoms with Crippen LogP contribution in [0.25, 0.3) is 6.08 Å². The Bertz CT molecular complexity index is 829. The van der Waals surface area contributed by atoms with Crippen molar-refractivity contribution in [1.29, 1.82) is 0 Å². The minimum Gasteiger partial charge on any atom is -0.452 e. The first-order chi connectivity index (χ1) is 13.6. The molecule has 28 heavy (non-hydrogen) atoms. The number of rotatable bonds is 6. The van der Waals surface area contributed by atoms with Crippen LogP contribution in [0.3, 0.4) is 0 Å². The molecule has 2 aromatic rings. The van der Waals surface area contributed by atoms with Crippen molar-refractivity contribution < 1.29 is 14.3 Å². The molecule has 0 spiro atoms. The summed E-state index contributed by atoms with van der Waals surface area (Å²) in [7, 11) is 0. The van der Waals surface area contributed by atoms with Crippen molar-refractivity contribution in [3.63, 3.8) is 0 Å². The van der Waals surface area contributed by atoms with Crippen molar-refractivity contribution in [2.24, 2.45) is 0 Å². The number of benzene rings is 2. The molecule has 0 radical (unpaired) electrons. The van der Waals surface area contributed by atoms with Crippen LogP contribution >= 0.6 is 11.6 Å². The average Bonchev–Trinajstić information content (AvgIpc) is 2.73. The van der Waals surface area contributed by atoms with Gasteiger partial charge in [-0.1, -0.05) is 67.3 Å². The lowest BCUT2D eigenvalue weighted by Gasteiger charge is -2.34. The quantitative estimate of drug-likeness (QED) is 0.493. The highest BCUT2D eigenvalue weighted by atomic mass is 35.5. The SMILES string of the molecule is O=C(/C=C/c1ccccc1Cl)OCC(=O)N(c1ccccc1)C1CCCCC1. The number of halogens is 1. The molecule has 0 aromatic heterocycles. The monoisotopic (exact) mass is 397 g/mol. The highest BCUT2D eigenvalue weighted by molar-refractivity contribution is 6.32. The Labute approximate surface area is 170 Å². The standard InChI is InChI=1S/C23H24ClNO3/c24-21-14-8-7-9-18(21)15-16-23(27)28-17-22(26)25(19-10-3-1-4-11-19)20-12-5-2-6-13-20/h1,3-4,7-11,14-16,20H,2,5-6,12-13,17H2/b16-15+. The van der Waals surface area contributed by atoms with Gasteiger partial charge in [0.2, 0.25) is 0 Å². The number of carbonyl (C=O) groups excluding carboxylic acids is 2. The third-order valence-corrected chi connectivity index (χ3v) is 5.23. The Morgan fingerprint density at radius 2 is 1.68 bits per heavy atom. The largest absolute Gasteiger partial charge is 0.452 e. The van der Waals surface area contributed by atoms with Crippen LogP contribution in [0.15, 0.2) is 60.7 Å². The van der Waals surface area contributed by atoms with E-state index in [4.69, 9.17) is 16.3 Å². The van der Waals surface area contributed by atoms with Gasteiger partial charge in [-0.05, 0) is 42.7 Å². The first kappa shape index (κ1) is 20.2. The van der Waals surface area contributed by atoms with E-state index < -0.39 is 5.97 Å². The molecule has 2 aromatic carbocycles. The van der Waals surface area contributed by atoms with Gasteiger partial charge in [-0.25, -0.2) is 4.79 Å². The molecule has 4 nitrogen and oxygen atoms in total. The lowest BCUT2D eigenvalue weighted by molar-refractivity contribution is -0.143. The number of para-hydroxylation sites is 1. The first-order valence-corrected chi connectivity index (χ1v) is 9.99. The predicted octanol–water partition coefficient (Wildman–Crippen LogP) is 5.26. The molecule has 1 aliphatic rings. The number of hydrogen-bond donors (Lipinski definition) is 0. The summed E-state index contributed by atoms with van der Waals surface area (Å²) in [4.78, 5) is 26.7. The Balaban J connectivity index is 1.63. The van der Waals surface area contributed by atoms with E-state index in [0.29, 0.717) is 5.02 Å². The molecule has 1 aliphatic carbocycles. The Kier molecular flexibility index (Phi) is 7.26. The van der Waals surface area contributed by atoms with E-state index in [9.17, 15) is 9.59 Å². The van der Waals surface area contributed by atoms with Crippen LogP contribution in [0.4, 0.5) is 5.69 Å². The minimum atomic E-state index is -0.565. The van der Waals surface area contributed by atoms with Crippen molar-refractivity contribution in [1.82, 2.24) is 0 Å². The van der Waals surface area contributed by atoms with Crippen molar-refractivity contribution in [3.05, 3.63) is 71.3 Å². The Hall–Kier alpha value is -2.59. The molecule has 1 saturated carbocycles. The van der Waals surface area contributed by atoms with Crippen LogP contribution in [-0.2, 0) is 14.3 Å². The molecule has 1 fully saturated rings. The molecular weight excluding hydrogens is 374 g/mol. The fourth-order valence-corrected chi connectivity index (χ4v) is 3.70. The second kappa shape index (κ2) is 10.1. The topological polar surface area (TPSA) is 46.6 Å². The summed E-state index contributed by atoms with van der Waals surface area (Å²) in [5.41, 5.74) is 1.57. The van der Waals surface area contributed by atoms with Crippen LogP contribution in [0, 0.1) is 0 Å². The molecule has 0 aliphatic heterocycles. The second-order valence-corrected chi connectivity index (χ2v) is 7.26. The number of amides is 1. The van der Waals surface area contributed by atoms with Gasteiger partial charge < -0.3 is 9.64 Å². The molecule has 0 heterocycles. The molecule has 0 saturated heterocycles. The van der Waals surface area contributed by atoms with E-state index in [-0.39, 0.29) is 18.6 Å². The Morgan fingerprint density at radius 1 is 1.00 bits per heavy atom. The summed E-state index contributed by atoms with van der Waals surface area (Å²) in [6.45, 7) is -0.281. The average molecular weight is 398 g/mol. The molecule has 1 amide bonds. The molecule has 146 valence electrons. The summed E-state index contributed by atoms with van der Waals surface area (Å²) in [5, 5.41) is 0.551. The number of hydrogen-bond acceptors (Lipinski definition) is 3. The van der Waals surface area contributed by atoms with Gasteiger partial charge in [-0.15, -0.1) is 0 Å². The lowest BCUT2D eigenvalue weighted by atomic mass is 9.93. The zero-order valence-electron chi connectivity index (χ0n) is 15.7. The Morgan fingerprint density at radius 3 is 2.39 bits per heavy atom.